The second kappa shape index (κ2) is 11.1. The molecule has 0 radical (unpaired) electrons. The van der Waals surface area contributed by atoms with E-state index in [1.165, 1.54) is 18.2 Å². The third-order valence-electron chi connectivity index (χ3n) is 4.59. The molecule has 0 spiro atoms. The Balaban J connectivity index is 0.00000320. The van der Waals surface area contributed by atoms with Gasteiger partial charge in [-0.1, -0.05) is 12.1 Å². The van der Waals surface area contributed by atoms with Gasteiger partial charge in [-0.25, -0.2) is 13.8 Å². The molecule has 160 valence electrons. The molecule has 0 amide bonds. The number of aliphatic imine (C=N–C) groups is 1. The van der Waals surface area contributed by atoms with Gasteiger partial charge in [-0.2, -0.15) is 0 Å². The van der Waals surface area contributed by atoms with Gasteiger partial charge in [0.05, 0.1) is 11.7 Å². The molecule has 0 bridgehead atoms. The number of rotatable bonds is 6. The summed E-state index contributed by atoms with van der Waals surface area (Å²) in [6, 6.07) is 11.1. The van der Waals surface area contributed by atoms with Crippen molar-refractivity contribution < 1.29 is 13.2 Å². The normalized spacial score (nSPS) is 12.2. The smallest absolute Gasteiger partial charge is 0.226 e. The van der Waals surface area contributed by atoms with Gasteiger partial charge >= 0.3 is 0 Å². The second-order valence-electron chi connectivity index (χ2n) is 6.77. The molecule has 2 N–H and O–H groups in total. The number of hydrogen-bond donors (Lipinski definition) is 2. The molecule has 1 atom stereocenters. The summed E-state index contributed by atoms with van der Waals surface area (Å²) in [5, 5.41) is 6.46. The van der Waals surface area contributed by atoms with Crippen molar-refractivity contribution >= 4 is 29.9 Å². The van der Waals surface area contributed by atoms with E-state index in [0.29, 0.717) is 30.4 Å². The van der Waals surface area contributed by atoms with E-state index in [4.69, 9.17) is 4.42 Å². The Bertz CT molecular complexity index is 989. The molecule has 1 aromatic heterocycles. The monoisotopic (exact) mass is 526 g/mol. The summed E-state index contributed by atoms with van der Waals surface area (Å²) in [5.74, 6) is 0.548. The second-order valence-corrected chi connectivity index (χ2v) is 6.77. The molecule has 1 unspecified atom stereocenters. The van der Waals surface area contributed by atoms with Crippen LogP contribution in [0.3, 0.4) is 0 Å². The van der Waals surface area contributed by atoms with Gasteiger partial charge in [0, 0.05) is 25.6 Å². The van der Waals surface area contributed by atoms with Crippen molar-refractivity contribution in [2.45, 2.75) is 26.3 Å². The van der Waals surface area contributed by atoms with Gasteiger partial charge in [-0.05, 0) is 55.3 Å². The average Bonchev–Trinajstić information content (AvgIpc) is 3.18. The van der Waals surface area contributed by atoms with Gasteiger partial charge in [-0.15, -0.1) is 24.0 Å². The van der Waals surface area contributed by atoms with Gasteiger partial charge in [0.25, 0.3) is 0 Å². The Hall–Kier alpha value is -2.49. The summed E-state index contributed by atoms with van der Waals surface area (Å²) in [6.07, 6.45) is 2.22. The first-order valence-electron chi connectivity index (χ1n) is 9.40. The number of guanidine groups is 1. The molecular formula is C22H25F2IN4O. The predicted octanol–water partition coefficient (Wildman–Crippen LogP) is 5.01. The van der Waals surface area contributed by atoms with Crippen LogP contribution < -0.4 is 10.6 Å². The van der Waals surface area contributed by atoms with Gasteiger partial charge in [0.1, 0.15) is 17.9 Å². The lowest BCUT2D eigenvalue weighted by Gasteiger charge is -2.18. The fourth-order valence-electron chi connectivity index (χ4n) is 2.82. The SMILES string of the molecule is CN=C(NCCc1coc(-c2ccc(F)cc2)n1)NC(C)c1ccc(C)c(F)c1.I. The van der Waals surface area contributed by atoms with E-state index >= 15 is 0 Å². The third kappa shape index (κ3) is 6.25. The van der Waals surface area contributed by atoms with Crippen LogP contribution >= 0.6 is 24.0 Å². The Kier molecular flexibility index (Phi) is 8.76. The van der Waals surface area contributed by atoms with E-state index in [1.54, 1.807) is 38.4 Å². The van der Waals surface area contributed by atoms with Gasteiger partial charge in [0.15, 0.2) is 5.96 Å². The highest BCUT2D eigenvalue weighted by atomic mass is 127. The molecule has 0 aliphatic heterocycles. The summed E-state index contributed by atoms with van der Waals surface area (Å²) >= 11 is 0. The van der Waals surface area contributed by atoms with E-state index in [2.05, 4.69) is 20.6 Å². The average molecular weight is 526 g/mol. The molecule has 2 aromatic carbocycles. The highest BCUT2D eigenvalue weighted by Gasteiger charge is 2.11. The lowest BCUT2D eigenvalue weighted by Crippen LogP contribution is -2.39. The van der Waals surface area contributed by atoms with Crippen LogP contribution in [-0.4, -0.2) is 24.5 Å². The third-order valence-corrected chi connectivity index (χ3v) is 4.59. The Morgan fingerprint density at radius 3 is 2.57 bits per heavy atom. The Morgan fingerprint density at radius 1 is 1.17 bits per heavy atom. The Morgan fingerprint density at radius 2 is 1.90 bits per heavy atom. The summed E-state index contributed by atoms with van der Waals surface area (Å²) in [6.45, 7) is 4.27. The number of nitrogens with zero attached hydrogens (tertiary/aromatic N) is 2. The molecule has 1 heterocycles. The standard InChI is InChI=1S/C22H24F2N4O.HI/c1-14-4-5-17(12-20(14)24)15(2)27-22(25-3)26-11-10-19-13-29-21(28-19)16-6-8-18(23)9-7-16;/h4-9,12-13,15H,10-11H2,1-3H3,(H2,25,26,27);1H. The molecule has 5 nitrogen and oxygen atoms in total. The fourth-order valence-corrected chi connectivity index (χ4v) is 2.82. The number of nitrogens with one attached hydrogen (secondary N) is 2. The lowest BCUT2D eigenvalue weighted by molar-refractivity contribution is 0.571. The first-order valence-corrected chi connectivity index (χ1v) is 9.40. The van der Waals surface area contributed by atoms with Crippen LogP contribution in [0.15, 0.2) is 58.1 Å². The summed E-state index contributed by atoms with van der Waals surface area (Å²) in [7, 11) is 1.68. The minimum Gasteiger partial charge on any atom is -0.444 e. The zero-order valence-electron chi connectivity index (χ0n) is 17.1. The molecule has 3 aromatic rings. The lowest BCUT2D eigenvalue weighted by atomic mass is 10.1. The molecule has 0 saturated heterocycles. The summed E-state index contributed by atoms with van der Waals surface area (Å²) < 4.78 is 32.3. The van der Waals surface area contributed by atoms with Crippen molar-refractivity contribution in [3.05, 3.63) is 77.2 Å². The maximum Gasteiger partial charge on any atom is 0.226 e. The van der Waals surface area contributed by atoms with Crippen LogP contribution in [0.25, 0.3) is 11.5 Å². The largest absolute Gasteiger partial charge is 0.444 e. The first-order chi connectivity index (χ1) is 14.0. The maximum absolute atomic E-state index is 13.8. The van der Waals surface area contributed by atoms with Gasteiger partial charge in [0.2, 0.25) is 5.89 Å². The molecule has 0 aliphatic rings. The molecule has 0 aliphatic carbocycles. The predicted molar refractivity (Wildman–Crippen MR) is 125 cm³/mol. The molecule has 8 heteroatoms. The number of benzene rings is 2. The van der Waals surface area contributed by atoms with Crippen LogP contribution in [0.5, 0.6) is 0 Å². The zero-order chi connectivity index (χ0) is 20.8. The maximum atomic E-state index is 13.8. The number of oxazole rings is 1. The van der Waals surface area contributed by atoms with Crippen molar-refractivity contribution in [2.75, 3.05) is 13.6 Å². The van der Waals surface area contributed by atoms with E-state index < -0.39 is 0 Å². The van der Waals surface area contributed by atoms with Crippen molar-refractivity contribution in [3.8, 4) is 11.5 Å². The number of hydrogen-bond acceptors (Lipinski definition) is 3. The van der Waals surface area contributed by atoms with E-state index in [0.717, 1.165) is 16.8 Å². The minimum atomic E-state index is -0.300. The highest BCUT2D eigenvalue weighted by molar-refractivity contribution is 14.0. The van der Waals surface area contributed by atoms with E-state index in [-0.39, 0.29) is 41.7 Å². The highest BCUT2D eigenvalue weighted by Crippen LogP contribution is 2.19. The number of halogens is 3. The van der Waals surface area contributed by atoms with Crippen LogP contribution in [-0.2, 0) is 6.42 Å². The van der Waals surface area contributed by atoms with Crippen molar-refractivity contribution in [2.24, 2.45) is 4.99 Å². The number of aryl methyl sites for hydroxylation is 1. The molecule has 0 saturated carbocycles. The van der Waals surface area contributed by atoms with Crippen molar-refractivity contribution in [3.63, 3.8) is 0 Å². The minimum absolute atomic E-state index is 0. The van der Waals surface area contributed by atoms with Gasteiger partial charge < -0.3 is 15.1 Å². The van der Waals surface area contributed by atoms with Crippen LogP contribution in [0.2, 0.25) is 0 Å². The van der Waals surface area contributed by atoms with E-state index in [9.17, 15) is 8.78 Å². The number of aromatic nitrogens is 1. The molecule has 3 rings (SSSR count). The molecule has 30 heavy (non-hydrogen) atoms. The Labute approximate surface area is 192 Å². The van der Waals surface area contributed by atoms with Crippen molar-refractivity contribution in [1.29, 1.82) is 0 Å². The molecule has 0 fully saturated rings. The van der Waals surface area contributed by atoms with Crippen LogP contribution in [0.1, 0.15) is 29.8 Å². The summed E-state index contributed by atoms with van der Waals surface area (Å²) in [5.41, 5.74) is 2.97. The molecular weight excluding hydrogens is 501 g/mol. The topological polar surface area (TPSA) is 62.5 Å². The first kappa shape index (κ1) is 23.8. The quantitative estimate of drug-likeness (QED) is 0.269. The van der Waals surface area contributed by atoms with Crippen LogP contribution in [0.4, 0.5) is 8.78 Å². The summed E-state index contributed by atoms with van der Waals surface area (Å²) in [4.78, 5) is 8.64. The van der Waals surface area contributed by atoms with Crippen LogP contribution in [0, 0.1) is 18.6 Å². The van der Waals surface area contributed by atoms with Gasteiger partial charge in [-0.3, -0.25) is 4.99 Å². The van der Waals surface area contributed by atoms with Crippen molar-refractivity contribution in [1.82, 2.24) is 15.6 Å². The zero-order valence-corrected chi connectivity index (χ0v) is 19.4. The fraction of sp³-hybridized carbons (Fsp3) is 0.273. The van der Waals surface area contributed by atoms with E-state index in [1.807, 2.05) is 13.0 Å².